The number of aliphatic carboxylic acids is 2. The highest BCUT2D eigenvalue weighted by Crippen LogP contribution is 2.60. The van der Waals surface area contributed by atoms with Gasteiger partial charge in [-0.2, -0.15) is 0 Å². The molecule has 1 saturated heterocycles. The van der Waals surface area contributed by atoms with Crippen molar-refractivity contribution in [2.24, 2.45) is 0 Å². The fourth-order valence-corrected chi connectivity index (χ4v) is 6.18. The van der Waals surface area contributed by atoms with Crippen molar-refractivity contribution in [2.75, 3.05) is 0 Å². The van der Waals surface area contributed by atoms with Crippen molar-refractivity contribution in [3.05, 3.63) is 60.2 Å². The van der Waals surface area contributed by atoms with E-state index in [1.807, 2.05) is 0 Å². The Morgan fingerprint density at radius 1 is 1.00 bits per heavy atom. The zero-order chi connectivity index (χ0) is 17.2. The normalized spacial score (nSPS) is 26.2. The summed E-state index contributed by atoms with van der Waals surface area (Å²) in [4.78, 5) is 31.6. The lowest BCUT2D eigenvalue weighted by atomic mass is 10.1. The van der Waals surface area contributed by atoms with E-state index < -0.39 is 26.5 Å². The number of rotatable bonds is 5. The van der Waals surface area contributed by atoms with Crippen molar-refractivity contribution in [3.63, 3.8) is 0 Å². The van der Waals surface area contributed by atoms with E-state index in [9.17, 15) is 19.8 Å². The molecule has 2 aromatic heterocycles. The lowest BCUT2D eigenvalue weighted by molar-refractivity contribution is -0.137. The van der Waals surface area contributed by atoms with Gasteiger partial charge >= 0.3 is 11.9 Å². The molecule has 0 bridgehead atoms. The number of pyridine rings is 2. The van der Waals surface area contributed by atoms with Crippen LogP contribution in [0.25, 0.3) is 0 Å². The van der Waals surface area contributed by atoms with Crippen molar-refractivity contribution in [3.8, 4) is 0 Å². The third kappa shape index (κ3) is 3.25. The maximum atomic E-state index is 12.0. The minimum atomic E-state index is -1.25. The molecule has 3 atom stereocenters. The zero-order valence-electron chi connectivity index (χ0n) is 12.4. The zero-order valence-corrected chi connectivity index (χ0v) is 14.0. The van der Waals surface area contributed by atoms with E-state index in [0.717, 1.165) is 22.9 Å². The first-order valence-electron chi connectivity index (χ1n) is 7.12. The summed E-state index contributed by atoms with van der Waals surface area (Å²) >= 11 is 2.18. The third-order valence-electron chi connectivity index (χ3n) is 3.70. The molecule has 0 aromatic carbocycles. The largest absolute Gasteiger partial charge is 0.480 e. The number of nitrogens with zero attached hydrogens (tertiary/aromatic N) is 2. The highest BCUT2D eigenvalue weighted by molar-refractivity contribution is 8.23. The van der Waals surface area contributed by atoms with Gasteiger partial charge in [0, 0.05) is 31.2 Å². The Labute approximate surface area is 146 Å². The van der Waals surface area contributed by atoms with Crippen LogP contribution in [0, 0.1) is 0 Å². The molecule has 0 radical (unpaired) electrons. The van der Waals surface area contributed by atoms with E-state index in [1.54, 1.807) is 49.1 Å². The van der Waals surface area contributed by atoms with Gasteiger partial charge in [-0.3, -0.25) is 14.8 Å². The molecule has 1 aliphatic rings. The summed E-state index contributed by atoms with van der Waals surface area (Å²) < 4.78 is -1.25. The minimum absolute atomic E-state index is 0.228. The van der Waals surface area contributed by atoms with Crippen LogP contribution < -0.4 is 0 Å². The standard InChI is InChI=1S/C16H14N2O4S2/c19-14(20)13-12(11-3-7-18-8-4-11)23-16(24-13,15(21)22)9-10-1-5-17-6-2-10/h1-8,12-13H,9H2,(H,19,20)(H,21,22). The van der Waals surface area contributed by atoms with Crippen molar-refractivity contribution in [1.29, 1.82) is 0 Å². The van der Waals surface area contributed by atoms with Gasteiger partial charge in [0.25, 0.3) is 0 Å². The van der Waals surface area contributed by atoms with Gasteiger partial charge in [-0.15, -0.1) is 23.5 Å². The van der Waals surface area contributed by atoms with Gasteiger partial charge in [0.05, 0.1) is 5.25 Å². The molecule has 0 saturated carbocycles. The highest BCUT2D eigenvalue weighted by Gasteiger charge is 2.55. The first kappa shape index (κ1) is 16.8. The molecular formula is C16H14N2O4S2. The molecule has 3 rings (SSSR count). The van der Waals surface area contributed by atoms with Crippen molar-refractivity contribution in [2.45, 2.75) is 21.0 Å². The molecule has 3 heterocycles. The van der Waals surface area contributed by atoms with Crippen LogP contribution in [-0.4, -0.2) is 41.4 Å². The van der Waals surface area contributed by atoms with Crippen LogP contribution in [0.3, 0.4) is 0 Å². The van der Waals surface area contributed by atoms with Gasteiger partial charge < -0.3 is 10.2 Å². The van der Waals surface area contributed by atoms with Crippen LogP contribution in [-0.2, 0) is 16.0 Å². The monoisotopic (exact) mass is 362 g/mol. The van der Waals surface area contributed by atoms with Crippen molar-refractivity contribution >= 4 is 35.5 Å². The van der Waals surface area contributed by atoms with Crippen LogP contribution in [0.4, 0.5) is 0 Å². The van der Waals surface area contributed by atoms with Crippen LogP contribution in [0.2, 0.25) is 0 Å². The topological polar surface area (TPSA) is 100 Å². The first-order valence-corrected chi connectivity index (χ1v) is 8.88. The smallest absolute Gasteiger partial charge is 0.330 e. The molecule has 124 valence electrons. The van der Waals surface area contributed by atoms with Gasteiger partial charge in [0.2, 0.25) is 0 Å². The van der Waals surface area contributed by atoms with E-state index in [4.69, 9.17) is 0 Å². The molecule has 0 amide bonds. The van der Waals surface area contributed by atoms with Gasteiger partial charge in [-0.05, 0) is 35.4 Å². The van der Waals surface area contributed by atoms with E-state index in [2.05, 4.69) is 9.97 Å². The second-order valence-corrected chi connectivity index (χ2v) is 8.43. The number of hydrogen-bond donors (Lipinski definition) is 2. The summed E-state index contributed by atoms with van der Waals surface area (Å²) in [7, 11) is 0. The molecule has 8 heteroatoms. The molecule has 2 aromatic rings. The average molecular weight is 362 g/mol. The van der Waals surface area contributed by atoms with E-state index in [0.29, 0.717) is 0 Å². The van der Waals surface area contributed by atoms with E-state index >= 15 is 0 Å². The summed E-state index contributed by atoms with van der Waals surface area (Å²) in [5, 5.41) is 18.1. The molecule has 3 unspecified atom stereocenters. The lowest BCUT2D eigenvalue weighted by Crippen LogP contribution is -2.32. The lowest BCUT2D eigenvalue weighted by Gasteiger charge is -2.22. The second kappa shape index (κ2) is 6.82. The fraction of sp³-hybridized carbons (Fsp3) is 0.250. The summed E-state index contributed by atoms with van der Waals surface area (Å²) in [5.74, 6) is -2.02. The summed E-state index contributed by atoms with van der Waals surface area (Å²) in [6, 6.07) is 6.97. The van der Waals surface area contributed by atoms with Crippen molar-refractivity contribution < 1.29 is 19.8 Å². The molecule has 1 aliphatic heterocycles. The minimum Gasteiger partial charge on any atom is -0.480 e. The maximum absolute atomic E-state index is 12.0. The number of carbonyl (C=O) groups is 2. The maximum Gasteiger partial charge on any atom is 0.330 e. The number of carboxylic acids is 2. The predicted molar refractivity (Wildman–Crippen MR) is 91.9 cm³/mol. The van der Waals surface area contributed by atoms with E-state index in [1.165, 1.54) is 11.8 Å². The average Bonchev–Trinajstić information content (AvgIpc) is 2.98. The quantitative estimate of drug-likeness (QED) is 0.837. The van der Waals surface area contributed by atoms with Gasteiger partial charge in [-0.25, -0.2) is 4.79 Å². The molecule has 24 heavy (non-hydrogen) atoms. The molecule has 0 spiro atoms. The van der Waals surface area contributed by atoms with Crippen LogP contribution >= 0.6 is 23.5 Å². The Hall–Kier alpha value is -2.06. The van der Waals surface area contributed by atoms with Crippen LogP contribution in [0.15, 0.2) is 49.1 Å². The third-order valence-corrected chi connectivity index (χ3v) is 7.37. The molecule has 1 fully saturated rings. The molecule has 6 nitrogen and oxygen atoms in total. The Morgan fingerprint density at radius 2 is 1.58 bits per heavy atom. The summed E-state index contributed by atoms with van der Waals surface area (Å²) in [5.41, 5.74) is 1.58. The Balaban J connectivity index is 1.96. The number of hydrogen-bond acceptors (Lipinski definition) is 6. The summed E-state index contributed by atoms with van der Waals surface area (Å²) in [6.07, 6.45) is 6.60. The molecule has 2 N–H and O–H groups in total. The predicted octanol–water partition coefficient (Wildman–Crippen LogP) is 2.47. The van der Waals surface area contributed by atoms with E-state index in [-0.39, 0.29) is 6.42 Å². The highest BCUT2D eigenvalue weighted by atomic mass is 32.2. The van der Waals surface area contributed by atoms with Gasteiger partial charge in [-0.1, -0.05) is 0 Å². The Bertz CT molecular complexity index is 744. The SMILES string of the molecule is O=C(O)C1SC(Cc2ccncc2)(C(=O)O)SC1c1ccncc1. The molecular weight excluding hydrogens is 348 g/mol. The van der Waals surface area contributed by atoms with Crippen molar-refractivity contribution in [1.82, 2.24) is 9.97 Å². The van der Waals surface area contributed by atoms with Crippen LogP contribution in [0.1, 0.15) is 16.4 Å². The summed E-state index contributed by atoms with van der Waals surface area (Å²) in [6.45, 7) is 0. The number of thioether (sulfide) groups is 2. The fourth-order valence-electron chi connectivity index (χ4n) is 2.57. The van der Waals surface area contributed by atoms with Gasteiger partial charge in [0.1, 0.15) is 5.25 Å². The number of aromatic nitrogens is 2. The second-order valence-electron chi connectivity index (χ2n) is 5.29. The van der Waals surface area contributed by atoms with Crippen LogP contribution in [0.5, 0.6) is 0 Å². The number of carboxylic acid groups (broad SMARTS) is 2. The first-order chi connectivity index (χ1) is 11.5. The molecule has 0 aliphatic carbocycles. The Kier molecular flexibility index (Phi) is 4.77. The Morgan fingerprint density at radius 3 is 2.12 bits per heavy atom. The van der Waals surface area contributed by atoms with Gasteiger partial charge in [0.15, 0.2) is 4.08 Å².